The average molecular weight is 352 g/mol. The maximum absolute atomic E-state index is 11.8. The number of carboxylic acids is 1. The second-order valence-electron chi connectivity index (χ2n) is 6.02. The first kappa shape index (κ1) is 15.7. The van der Waals surface area contributed by atoms with E-state index in [0.29, 0.717) is 33.0 Å². The minimum absolute atomic E-state index is 0.192. The summed E-state index contributed by atoms with van der Waals surface area (Å²) < 4.78 is 5.85. The zero-order valence-corrected chi connectivity index (χ0v) is 14.4. The molecule has 0 aliphatic carbocycles. The van der Waals surface area contributed by atoms with Crippen LogP contribution in [0.1, 0.15) is 21.5 Å². The largest absolute Gasteiger partial charge is 0.478 e. The van der Waals surface area contributed by atoms with Gasteiger partial charge in [0, 0.05) is 10.8 Å². The second kappa shape index (κ2) is 5.60. The van der Waals surface area contributed by atoms with Crippen LogP contribution in [0.2, 0.25) is 5.02 Å². The molecule has 0 bridgehead atoms. The lowest BCUT2D eigenvalue weighted by atomic mass is 9.99. The highest BCUT2D eigenvalue weighted by Gasteiger charge is 2.20. The summed E-state index contributed by atoms with van der Waals surface area (Å²) in [6.07, 6.45) is 0. The molecule has 0 fully saturated rings. The van der Waals surface area contributed by atoms with E-state index in [1.54, 1.807) is 0 Å². The van der Waals surface area contributed by atoms with Crippen LogP contribution in [0.3, 0.4) is 0 Å². The number of pyridine rings is 1. The van der Waals surface area contributed by atoms with Gasteiger partial charge >= 0.3 is 5.97 Å². The molecule has 1 N–H and O–H groups in total. The predicted molar refractivity (Wildman–Crippen MR) is 98.4 cm³/mol. The van der Waals surface area contributed by atoms with E-state index >= 15 is 0 Å². The van der Waals surface area contributed by atoms with Gasteiger partial charge in [0.2, 0.25) is 0 Å². The number of nitrogens with zero attached hydrogens (tertiary/aromatic N) is 1. The third kappa shape index (κ3) is 2.37. The van der Waals surface area contributed by atoms with Crippen LogP contribution in [-0.2, 0) is 0 Å². The van der Waals surface area contributed by atoms with Gasteiger partial charge in [-0.2, -0.15) is 0 Å². The molecule has 25 heavy (non-hydrogen) atoms. The van der Waals surface area contributed by atoms with Gasteiger partial charge in [0.25, 0.3) is 0 Å². The van der Waals surface area contributed by atoms with Crippen molar-refractivity contribution in [1.82, 2.24) is 4.98 Å². The molecule has 0 unspecified atom stereocenters. The number of aromatic nitrogens is 1. The molecule has 2 aromatic heterocycles. The highest BCUT2D eigenvalue weighted by Crippen LogP contribution is 2.38. The van der Waals surface area contributed by atoms with E-state index in [0.717, 1.165) is 16.5 Å². The summed E-state index contributed by atoms with van der Waals surface area (Å²) >= 11 is 6.46. The number of benzene rings is 2. The van der Waals surface area contributed by atoms with E-state index in [1.807, 2.05) is 50.2 Å². The van der Waals surface area contributed by atoms with Gasteiger partial charge in [0.05, 0.1) is 16.1 Å². The van der Waals surface area contributed by atoms with Crippen LogP contribution >= 0.6 is 11.6 Å². The molecular weight excluding hydrogens is 338 g/mol. The molecule has 0 radical (unpaired) electrons. The number of hydrogen-bond acceptors (Lipinski definition) is 3. The van der Waals surface area contributed by atoms with E-state index in [1.165, 1.54) is 6.07 Å². The molecule has 124 valence electrons. The van der Waals surface area contributed by atoms with Crippen LogP contribution < -0.4 is 0 Å². The molecular formula is C20H14ClNO3. The van der Waals surface area contributed by atoms with E-state index in [-0.39, 0.29) is 5.56 Å². The van der Waals surface area contributed by atoms with Gasteiger partial charge in [-0.15, -0.1) is 0 Å². The smallest absolute Gasteiger partial charge is 0.336 e. The summed E-state index contributed by atoms with van der Waals surface area (Å²) in [5.74, 6) is -0.622. The van der Waals surface area contributed by atoms with Crippen molar-refractivity contribution in [2.75, 3.05) is 0 Å². The second-order valence-corrected chi connectivity index (χ2v) is 6.40. The maximum atomic E-state index is 11.8. The van der Waals surface area contributed by atoms with Crippen LogP contribution in [0, 0.1) is 13.8 Å². The number of furan rings is 1. The van der Waals surface area contributed by atoms with Crippen molar-refractivity contribution in [3.63, 3.8) is 0 Å². The fourth-order valence-corrected chi connectivity index (χ4v) is 3.40. The van der Waals surface area contributed by atoms with Crippen LogP contribution in [0.5, 0.6) is 0 Å². The summed E-state index contributed by atoms with van der Waals surface area (Å²) in [5, 5.41) is 11.5. The van der Waals surface area contributed by atoms with Gasteiger partial charge in [0.15, 0.2) is 5.76 Å². The average Bonchev–Trinajstić information content (AvgIpc) is 2.94. The molecule has 4 aromatic rings. The minimum Gasteiger partial charge on any atom is -0.478 e. The maximum Gasteiger partial charge on any atom is 0.336 e. The van der Waals surface area contributed by atoms with E-state index in [2.05, 4.69) is 4.98 Å². The molecule has 4 nitrogen and oxygen atoms in total. The Morgan fingerprint density at radius 1 is 1.12 bits per heavy atom. The van der Waals surface area contributed by atoms with Gasteiger partial charge in [-0.1, -0.05) is 35.9 Å². The minimum atomic E-state index is -1.01. The topological polar surface area (TPSA) is 63.3 Å². The van der Waals surface area contributed by atoms with Gasteiger partial charge in [-0.3, -0.25) is 0 Å². The Kier molecular flexibility index (Phi) is 3.51. The van der Waals surface area contributed by atoms with E-state index in [4.69, 9.17) is 16.0 Å². The Hall–Kier alpha value is -2.85. The van der Waals surface area contributed by atoms with Gasteiger partial charge < -0.3 is 9.52 Å². The van der Waals surface area contributed by atoms with Crippen molar-refractivity contribution in [1.29, 1.82) is 0 Å². The number of aryl methyl sites for hydroxylation is 2. The number of aromatic carboxylic acids is 1. The number of hydrogen-bond donors (Lipinski definition) is 1. The molecule has 2 aromatic carbocycles. The van der Waals surface area contributed by atoms with Gasteiger partial charge in [-0.25, -0.2) is 9.78 Å². The van der Waals surface area contributed by atoms with Crippen molar-refractivity contribution in [3.05, 3.63) is 64.2 Å². The number of halogens is 1. The van der Waals surface area contributed by atoms with Crippen LogP contribution in [-0.4, -0.2) is 16.1 Å². The van der Waals surface area contributed by atoms with Crippen LogP contribution in [0.4, 0.5) is 0 Å². The Balaban J connectivity index is 2.10. The zero-order chi connectivity index (χ0) is 17.7. The fourth-order valence-electron chi connectivity index (χ4n) is 3.11. The first-order chi connectivity index (χ1) is 12.0. The summed E-state index contributed by atoms with van der Waals surface area (Å²) in [6, 6.07) is 12.8. The van der Waals surface area contributed by atoms with Gasteiger partial charge in [0.1, 0.15) is 11.3 Å². The molecule has 0 spiro atoms. The van der Waals surface area contributed by atoms with Crippen molar-refractivity contribution in [2.24, 2.45) is 0 Å². The number of carboxylic acid groups (broad SMARTS) is 1. The molecule has 2 heterocycles. The molecule has 0 aliphatic heterocycles. The van der Waals surface area contributed by atoms with Gasteiger partial charge in [-0.05, 0) is 43.2 Å². The lowest BCUT2D eigenvalue weighted by molar-refractivity contribution is 0.0699. The number of para-hydroxylation sites is 1. The van der Waals surface area contributed by atoms with Crippen molar-refractivity contribution in [3.8, 4) is 11.5 Å². The van der Waals surface area contributed by atoms with Crippen molar-refractivity contribution >= 4 is 39.4 Å². The summed E-state index contributed by atoms with van der Waals surface area (Å²) in [4.78, 5) is 16.5. The number of fused-ring (bicyclic) bond motifs is 2. The molecule has 0 amide bonds. The third-order valence-electron chi connectivity index (χ3n) is 4.37. The monoisotopic (exact) mass is 351 g/mol. The fraction of sp³-hybridized carbons (Fsp3) is 0.100. The van der Waals surface area contributed by atoms with Crippen molar-refractivity contribution in [2.45, 2.75) is 13.8 Å². The summed E-state index contributed by atoms with van der Waals surface area (Å²) in [7, 11) is 0. The Morgan fingerprint density at radius 2 is 1.84 bits per heavy atom. The first-order valence-corrected chi connectivity index (χ1v) is 8.17. The SMILES string of the molecule is Cc1ccc(C)c2c(C(=O)O)cc(-c3oc4ccccc4c3Cl)nc12. The first-order valence-electron chi connectivity index (χ1n) is 7.79. The molecule has 0 saturated carbocycles. The predicted octanol–water partition coefficient (Wildman–Crippen LogP) is 5.62. The quantitative estimate of drug-likeness (QED) is 0.509. The normalized spacial score (nSPS) is 11.3. The van der Waals surface area contributed by atoms with Crippen LogP contribution in [0.15, 0.2) is 46.9 Å². The van der Waals surface area contributed by atoms with Crippen LogP contribution in [0.25, 0.3) is 33.3 Å². The summed E-state index contributed by atoms with van der Waals surface area (Å²) in [6.45, 7) is 3.79. The summed E-state index contributed by atoms with van der Waals surface area (Å²) in [5.41, 5.74) is 3.66. The highest BCUT2D eigenvalue weighted by atomic mass is 35.5. The number of carbonyl (C=O) groups is 1. The van der Waals surface area contributed by atoms with E-state index in [9.17, 15) is 9.90 Å². The molecule has 0 aliphatic rings. The standard InChI is InChI=1S/C20H14ClNO3/c1-10-7-8-11(2)18-16(10)13(20(23)24)9-14(22-18)19-17(21)12-5-3-4-6-15(12)25-19/h3-9H,1-2H3,(H,23,24). The Bertz CT molecular complexity index is 1160. The lowest BCUT2D eigenvalue weighted by Crippen LogP contribution is -2.02. The zero-order valence-electron chi connectivity index (χ0n) is 13.6. The molecule has 5 heteroatoms. The molecule has 4 rings (SSSR count). The van der Waals surface area contributed by atoms with E-state index < -0.39 is 5.97 Å². The molecule has 0 atom stereocenters. The lowest BCUT2D eigenvalue weighted by Gasteiger charge is -2.10. The number of rotatable bonds is 2. The Labute approximate surface area is 148 Å². The highest BCUT2D eigenvalue weighted by molar-refractivity contribution is 6.38. The molecule has 0 saturated heterocycles. The third-order valence-corrected chi connectivity index (χ3v) is 4.74. The van der Waals surface area contributed by atoms with Crippen molar-refractivity contribution < 1.29 is 14.3 Å². The Morgan fingerprint density at radius 3 is 2.56 bits per heavy atom.